The monoisotopic (exact) mass is 445 g/mol. The van der Waals surface area contributed by atoms with Crippen LogP contribution in [0.15, 0.2) is 82.6 Å². The summed E-state index contributed by atoms with van der Waals surface area (Å²) in [5.41, 5.74) is 1.95. The molecule has 0 N–H and O–H groups in total. The fourth-order valence-corrected chi connectivity index (χ4v) is 5.22. The molecule has 3 aromatic rings. The predicted molar refractivity (Wildman–Crippen MR) is 119 cm³/mol. The second kappa shape index (κ2) is 9.03. The van der Waals surface area contributed by atoms with Crippen LogP contribution in [0.2, 0.25) is 5.02 Å². The van der Waals surface area contributed by atoms with Gasteiger partial charge in [0.15, 0.2) is 0 Å². The van der Waals surface area contributed by atoms with Gasteiger partial charge >= 0.3 is 0 Å². The van der Waals surface area contributed by atoms with Crippen LogP contribution in [0, 0.1) is 13.8 Å². The van der Waals surface area contributed by atoms with Gasteiger partial charge in [0.05, 0.1) is 16.3 Å². The zero-order valence-electron chi connectivity index (χ0n) is 16.0. The normalized spacial score (nSPS) is 11.3. The molecule has 0 spiro atoms. The Bertz CT molecular complexity index is 1110. The summed E-state index contributed by atoms with van der Waals surface area (Å²) in [7, 11) is -4.05. The molecule has 0 atom stereocenters. The van der Waals surface area contributed by atoms with Gasteiger partial charge in [0.2, 0.25) is 0 Å². The summed E-state index contributed by atoms with van der Waals surface area (Å²) in [5.74, 6) is -0.538. The summed E-state index contributed by atoms with van der Waals surface area (Å²) >= 11 is 7.17. The lowest BCUT2D eigenvalue weighted by atomic mass is 10.1. The van der Waals surface area contributed by atoms with E-state index in [0.717, 1.165) is 14.8 Å². The summed E-state index contributed by atoms with van der Waals surface area (Å²) < 4.78 is 27.7. The molecule has 3 aromatic carbocycles. The number of thioether (sulfide) groups is 1. The van der Waals surface area contributed by atoms with Crippen LogP contribution in [0.25, 0.3) is 0 Å². The maximum atomic E-state index is 13.4. The van der Waals surface area contributed by atoms with E-state index in [1.165, 1.54) is 23.9 Å². The molecule has 150 valence electrons. The molecular formula is C22H20ClNO3S2. The summed E-state index contributed by atoms with van der Waals surface area (Å²) in [6, 6.07) is 20.5. The van der Waals surface area contributed by atoms with Crippen molar-refractivity contribution in [3.8, 4) is 0 Å². The lowest BCUT2D eigenvalue weighted by Gasteiger charge is -2.24. The molecule has 0 bridgehead atoms. The zero-order chi connectivity index (χ0) is 21.0. The molecule has 3 rings (SSSR count). The topological polar surface area (TPSA) is 54.5 Å². The maximum absolute atomic E-state index is 13.4. The number of nitrogens with zero attached hydrogens (tertiary/aromatic N) is 1. The van der Waals surface area contributed by atoms with E-state index in [1.54, 1.807) is 55.5 Å². The molecule has 0 saturated heterocycles. The Morgan fingerprint density at radius 3 is 2.28 bits per heavy atom. The predicted octanol–water partition coefficient (Wildman–Crippen LogP) is 5.47. The largest absolute Gasteiger partial charge is 0.272 e. The minimum Gasteiger partial charge on any atom is -0.272 e. The number of amides is 1. The first kappa shape index (κ1) is 21.4. The molecule has 0 aliphatic carbocycles. The number of rotatable bonds is 6. The average Bonchev–Trinajstić information content (AvgIpc) is 2.71. The van der Waals surface area contributed by atoms with Gasteiger partial charge in [0, 0.05) is 9.92 Å². The third-order valence-corrected chi connectivity index (χ3v) is 7.27. The van der Waals surface area contributed by atoms with Crippen molar-refractivity contribution in [2.45, 2.75) is 23.6 Å². The lowest BCUT2D eigenvalue weighted by Crippen LogP contribution is -2.38. The molecule has 7 heteroatoms. The highest BCUT2D eigenvalue weighted by Crippen LogP contribution is 2.30. The van der Waals surface area contributed by atoms with Crippen LogP contribution in [0.4, 0.5) is 5.69 Å². The summed E-state index contributed by atoms with van der Waals surface area (Å²) in [4.78, 5) is 14.1. The Balaban J connectivity index is 1.99. The molecule has 4 nitrogen and oxygen atoms in total. The van der Waals surface area contributed by atoms with Gasteiger partial charge in [-0.2, -0.15) is 0 Å². The minimum absolute atomic E-state index is 0.0267. The molecule has 0 fully saturated rings. The molecule has 0 aromatic heterocycles. The maximum Gasteiger partial charge on any atom is 0.270 e. The average molecular weight is 446 g/mol. The zero-order valence-corrected chi connectivity index (χ0v) is 18.4. The van der Waals surface area contributed by atoms with E-state index < -0.39 is 15.9 Å². The Kier molecular flexibility index (Phi) is 6.67. The Morgan fingerprint density at radius 2 is 1.62 bits per heavy atom. The molecule has 29 heavy (non-hydrogen) atoms. The number of halogens is 1. The lowest BCUT2D eigenvalue weighted by molar-refractivity contribution is -0.115. The van der Waals surface area contributed by atoms with E-state index in [1.807, 2.05) is 19.1 Å². The highest BCUT2D eigenvalue weighted by Gasteiger charge is 2.31. The Hall–Kier alpha value is -2.28. The van der Waals surface area contributed by atoms with Gasteiger partial charge in [0.25, 0.3) is 15.9 Å². The second-order valence-corrected chi connectivity index (χ2v) is 9.78. The van der Waals surface area contributed by atoms with Crippen molar-refractivity contribution in [2.75, 3.05) is 10.1 Å². The van der Waals surface area contributed by atoms with Crippen molar-refractivity contribution in [3.63, 3.8) is 0 Å². The van der Waals surface area contributed by atoms with Crippen LogP contribution in [-0.2, 0) is 14.8 Å². The van der Waals surface area contributed by atoms with E-state index in [0.29, 0.717) is 16.3 Å². The van der Waals surface area contributed by atoms with E-state index in [-0.39, 0.29) is 10.6 Å². The van der Waals surface area contributed by atoms with Gasteiger partial charge in [-0.1, -0.05) is 41.9 Å². The van der Waals surface area contributed by atoms with E-state index in [9.17, 15) is 13.2 Å². The van der Waals surface area contributed by atoms with Crippen molar-refractivity contribution in [3.05, 3.63) is 88.9 Å². The first-order valence-electron chi connectivity index (χ1n) is 8.88. The van der Waals surface area contributed by atoms with Gasteiger partial charge in [-0.25, -0.2) is 12.7 Å². The Labute approximate surface area is 180 Å². The highest BCUT2D eigenvalue weighted by atomic mass is 35.5. The third kappa shape index (κ3) is 5.01. The number of carbonyl (C=O) groups excluding carboxylic acids is 1. The van der Waals surface area contributed by atoms with Gasteiger partial charge in [0.1, 0.15) is 0 Å². The number of sulfonamides is 1. The number of hydrogen-bond acceptors (Lipinski definition) is 4. The minimum atomic E-state index is -4.05. The summed E-state index contributed by atoms with van der Waals surface area (Å²) in [6.07, 6.45) is 0. The fourth-order valence-electron chi connectivity index (χ4n) is 2.77. The SMILES string of the molecule is Cc1ccc(C)c(N(C(=O)CSc2ccc(Cl)cc2)S(=O)(=O)c2ccccc2)c1. The van der Waals surface area contributed by atoms with Crippen LogP contribution >= 0.6 is 23.4 Å². The van der Waals surface area contributed by atoms with Gasteiger partial charge < -0.3 is 0 Å². The molecule has 0 saturated carbocycles. The van der Waals surface area contributed by atoms with Crippen LogP contribution in [-0.4, -0.2) is 20.1 Å². The molecule has 0 heterocycles. The summed E-state index contributed by atoms with van der Waals surface area (Å²) in [5, 5.41) is 0.601. The van der Waals surface area contributed by atoms with Crippen molar-refractivity contribution < 1.29 is 13.2 Å². The van der Waals surface area contributed by atoms with Gasteiger partial charge in [-0.05, 0) is 67.4 Å². The molecule has 0 aliphatic heterocycles. The van der Waals surface area contributed by atoms with Crippen LogP contribution in [0.5, 0.6) is 0 Å². The Morgan fingerprint density at radius 1 is 0.966 bits per heavy atom. The van der Waals surface area contributed by atoms with Crippen LogP contribution < -0.4 is 4.31 Å². The number of anilines is 1. The summed E-state index contributed by atoms with van der Waals surface area (Å²) in [6.45, 7) is 3.66. The first-order valence-corrected chi connectivity index (χ1v) is 11.7. The van der Waals surface area contributed by atoms with Crippen molar-refractivity contribution in [1.82, 2.24) is 0 Å². The molecule has 0 unspecified atom stereocenters. The van der Waals surface area contributed by atoms with E-state index in [2.05, 4.69) is 0 Å². The van der Waals surface area contributed by atoms with Crippen LogP contribution in [0.3, 0.4) is 0 Å². The van der Waals surface area contributed by atoms with E-state index >= 15 is 0 Å². The quantitative estimate of drug-likeness (QED) is 0.472. The number of aryl methyl sites for hydroxylation is 2. The number of benzene rings is 3. The third-order valence-electron chi connectivity index (χ3n) is 4.27. The molecule has 0 radical (unpaired) electrons. The second-order valence-electron chi connectivity index (χ2n) is 6.51. The van der Waals surface area contributed by atoms with Gasteiger partial charge in [-0.15, -0.1) is 11.8 Å². The highest BCUT2D eigenvalue weighted by molar-refractivity contribution is 8.00. The number of carbonyl (C=O) groups is 1. The molecular weight excluding hydrogens is 426 g/mol. The van der Waals surface area contributed by atoms with Gasteiger partial charge in [-0.3, -0.25) is 4.79 Å². The smallest absolute Gasteiger partial charge is 0.270 e. The first-order chi connectivity index (χ1) is 13.8. The van der Waals surface area contributed by atoms with Crippen molar-refractivity contribution >= 4 is 45.0 Å². The van der Waals surface area contributed by atoms with Crippen molar-refractivity contribution in [2.24, 2.45) is 0 Å². The standard InChI is InChI=1S/C22H20ClNO3S2/c1-16-8-9-17(2)21(14-16)24(29(26,27)20-6-4-3-5-7-20)22(25)15-28-19-12-10-18(23)11-13-19/h3-14H,15H2,1-2H3. The fraction of sp³-hybridized carbons (Fsp3) is 0.136. The molecule has 0 aliphatic rings. The van der Waals surface area contributed by atoms with Crippen LogP contribution in [0.1, 0.15) is 11.1 Å². The van der Waals surface area contributed by atoms with Crippen molar-refractivity contribution in [1.29, 1.82) is 0 Å². The number of hydrogen-bond donors (Lipinski definition) is 0. The molecule has 1 amide bonds. The van der Waals surface area contributed by atoms with E-state index in [4.69, 9.17) is 11.6 Å².